The molecule has 0 atom stereocenters. The lowest BCUT2D eigenvalue weighted by molar-refractivity contribution is 0.348. The molecule has 1 N–H and O–H groups in total. The van der Waals surface area contributed by atoms with Crippen LogP contribution in [0, 0.1) is 5.82 Å². The van der Waals surface area contributed by atoms with Crippen LogP contribution >= 0.6 is 0 Å². The largest absolute Gasteiger partial charge is 0.316 e. The Balaban J connectivity index is 3.15. The molecule has 0 aliphatic carbocycles. The van der Waals surface area contributed by atoms with Gasteiger partial charge in [0.05, 0.1) is 0 Å². The maximum absolute atomic E-state index is 14.1. The predicted molar refractivity (Wildman–Crippen MR) is 78.5 cm³/mol. The van der Waals surface area contributed by atoms with Gasteiger partial charge in [-0.3, -0.25) is 0 Å². The number of hydrogen-bond acceptors (Lipinski definition) is 3. The fraction of sp³-hybridized carbons (Fsp3) is 0.571. The van der Waals surface area contributed by atoms with Crippen molar-refractivity contribution < 1.29 is 12.8 Å². The molecule has 0 radical (unpaired) electrons. The van der Waals surface area contributed by atoms with Gasteiger partial charge in [0.2, 0.25) is 10.0 Å². The first-order valence-electron chi connectivity index (χ1n) is 6.79. The smallest absolute Gasteiger partial charge is 0.245 e. The molecule has 114 valence electrons. The van der Waals surface area contributed by atoms with Gasteiger partial charge < -0.3 is 5.32 Å². The van der Waals surface area contributed by atoms with E-state index >= 15 is 0 Å². The number of halogens is 1. The molecule has 0 unspecified atom stereocenters. The molecule has 0 aromatic heterocycles. The van der Waals surface area contributed by atoms with Crippen molar-refractivity contribution >= 4 is 10.0 Å². The first-order valence-corrected chi connectivity index (χ1v) is 8.23. The molecule has 1 aromatic carbocycles. The fourth-order valence-corrected chi connectivity index (χ4v) is 3.77. The van der Waals surface area contributed by atoms with Gasteiger partial charge in [-0.25, -0.2) is 12.8 Å². The molecule has 0 bridgehead atoms. The Hall–Kier alpha value is -0.980. The molecule has 0 spiro atoms. The molecule has 0 amide bonds. The Morgan fingerprint density at radius 2 is 1.90 bits per heavy atom. The van der Waals surface area contributed by atoms with Gasteiger partial charge in [0, 0.05) is 19.6 Å². The second-order valence-corrected chi connectivity index (χ2v) is 6.75. The summed E-state index contributed by atoms with van der Waals surface area (Å²) in [5.74, 6) is -0.699. The lowest BCUT2D eigenvalue weighted by Gasteiger charge is -2.25. The van der Waals surface area contributed by atoms with E-state index in [1.165, 1.54) is 23.5 Å². The summed E-state index contributed by atoms with van der Waals surface area (Å²) in [6.07, 6.45) is 1.40. The molecule has 20 heavy (non-hydrogen) atoms. The van der Waals surface area contributed by atoms with E-state index in [2.05, 4.69) is 5.32 Å². The minimum Gasteiger partial charge on any atom is -0.316 e. The maximum atomic E-state index is 14.1. The third-order valence-corrected chi connectivity index (χ3v) is 5.43. The topological polar surface area (TPSA) is 49.4 Å². The first-order chi connectivity index (χ1) is 9.38. The van der Waals surface area contributed by atoms with Crippen LogP contribution in [0.15, 0.2) is 23.1 Å². The third kappa shape index (κ3) is 3.56. The van der Waals surface area contributed by atoms with Crippen LogP contribution in [-0.2, 0) is 16.6 Å². The molecule has 0 saturated heterocycles. The summed E-state index contributed by atoms with van der Waals surface area (Å²) in [7, 11) is -0.526. The second kappa shape index (κ2) is 7.15. The lowest BCUT2D eigenvalue weighted by atomic mass is 10.2. The van der Waals surface area contributed by atoms with Crippen molar-refractivity contribution in [3.63, 3.8) is 0 Å². The van der Waals surface area contributed by atoms with Crippen molar-refractivity contribution in [1.82, 2.24) is 9.62 Å². The summed E-state index contributed by atoms with van der Waals surface area (Å²) in [6.45, 7) is 4.35. The highest BCUT2D eigenvalue weighted by atomic mass is 32.2. The Kier molecular flexibility index (Phi) is 6.10. The minimum absolute atomic E-state index is 0.114. The summed E-state index contributed by atoms with van der Waals surface area (Å²) in [4.78, 5) is -0.258. The zero-order valence-corrected chi connectivity index (χ0v) is 13.3. The van der Waals surface area contributed by atoms with E-state index in [0.717, 1.165) is 0 Å². The van der Waals surface area contributed by atoms with Gasteiger partial charge >= 0.3 is 0 Å². The summed E-state index contributed by atoms with van der Waals surface area (Å²) < 4.78 is 40.2. The van der Waals surface area contributed by atoms with Crippen molar-refractivity contribution in [2.24, 2.45) is 0 Å². The van der Waals surface area contributed by atoms with Crippen molar-refractivity contribution in [2.75, 3.05) is 14.1 Å². The molecule has 0 aliphatic rings. The molecule has 4 nitrogen and oxygen atoms in total. The van der Waals surface area contributed by atoms with Crippen molar-refractivity contribution in [2.45, 2.75) is 44.2 Å². The van der Waals surface area contributed by atoms with Crippen LogP contribution in [0.1, 0.15) is 32.3 Å². The van der Waals surface area contributed by atoms with Gasteiger partial charge in [-0.05, 0) is 37.6 Å². The molecule has 0 aliphatic heterocycles. The Morgan fingerprint density at radius 3 is 2.35 bits per heavy atom. The monoisotopic (exact) mass is 302 g/mol. The molecule has 0 heterocycles. The fourth-order valence-electron chi connectivity index (χ4n) is 2.22. The number of sulfonamides is 1. The summed E-state index contributed by atoms with van der Waals surface area (Å²) in [6, 6.07) is 4.13. The zero-order chi connectivity index (χ0) is 15.3. The maximum Gasteiger partial charge on any atom is 0.245 e. The van der Waals surface area contributed by atoms with Crippen molar-refractivity contribution in [3.05, 3.63) is 29.6 Å². The Bertz CT molecular complexity index is 542. The number of nitrogens with zero attached hydrogens (tertiary/aromatic N) is 1. The molecule has 0 fully saturated rings. The Labute approximate surface area is 121 Å². The summed E-state index contributed by atoms with van der Waals surface area (Å²) in [5.41, 5.74) is 0.717. The zero-order valence-electron chi connectivity index (χ0n) is 12.5. The van der Waals surface area contributed by atoms with Crippen LogP contribution < -0.4 is 5.32 Å². The van der Waals surface area contributed by atoms with Gasteiger partial charge in [-0.2, -0.15) is 4.31 Å². The average Bonchev–Trinajstić information content (AvgIpc) is 2.40. The molecule has 1 rings (SSSR count). The van der Waals surface area contributed by atoms with Gasteiger partial charge in [0.15, 0.2) is 0 Å². The van der Waals surface area contributed by atoms with Crippen molar-refractivity contribution in [3.8, 4) is 0 Å². The predicted octanol–water partition coefficient (Wildman–Crippen LogP) is 2.35. The van der Waals surface area contributed by atoms with E-state index in [9.17, 15) is 12.8 Å². The van der Waals surface area contributed by atoms with Crippen LogP contribution in [0.25, 0.3) is 0 Å². The number of benzene rings is 1. The third-order valence-electron chi connectivity index (χ3n) is 3.49. The normalized spacial score (nSPS) is 12.3. The second-order valence-electron chi connectivity index (χ2n) is 4.79. The van der Waals surface area contributed by atoms with E-state index < -0.39 is 15.8 Å². The highest BCUT2D eigenvalue weighted by Gasteiger charge is 2.28. The first kappa shape index (κ1) is 17.1. The van der Waals surface area contributed by atoms with E-state index in [-0.39, 0.29) is 10.9 Å². The average molecular weight is 302 g/mol. The SMILES string of the molecule is CCC(CC)N(C)S(=O)(=O)c1ccc(CNC)cc1F. The molecular weight excluding hydrogens is 279 g/mol. The minimum atomic E-state index is -3.79. The molecule has 0 saturated carbocycles. The molecule has 6 heteroatoms. The number of rotatable bonds is 7. The van der Waals surface area contributed by atoms with E-state index in [0.29, 0.717) is 24.9 Å². The van der Waals surface area contributed by atoms with Crippen LogP contribution in [0.4, 0.5) is 4.39 Å². The quantitative estimate of drug-likeness (QED) is 0.841. The standard InChI is InChI=1S/C14H23FN2O2S/c1-5-12(6-2)17(4)20(18,19)14-8-7-11(10-16-3)9-13(14)15/h7-9,12,16H,5-6,10H2,1-4H3. The van der Waals surface area contributed by atoms with Gasteiger partial charge in [0.25, 0.3) is 0 Å². The van der Waals surface area contributed by atoms with Crippen LogP contribution in [0.2, 0.25) is 0 Å². The van der Waals surface area contributed by atoms with Crippen LogP contribution in [0.5, 0.6) is 0 Å². The van der Waals surface area contributed by atoms with Gasteiger partial charge in [0.1, 0.15) is 10.7 Å². The summed E-state index contributed by atoms with van der Waals surface area (Å²) >= 11 is 0. The van der Waals surface area contributed by atoms with E-state index in [1.54, 1.807) is 13.1 Å². The van der Waals surface area contributed by atoms with E-state index in [4.69, 9.17) is 0 Å². The van der Waals surface area contributed by atoms with E-state index in [1.807, 2.05) is 13.8 Å². The number of nitrogens with one attached hydrogen (secondary N) is 1. The van der Waals surface area contributed by atoms with Crippen molar-refractivity contribution in [1.29, 1.82) is 0 Å². The van der Waals surface area contributed by atoms with Crippen LogP contribution in [0.3, 0.4) is 0 Å². The molecule has 1 aromatic rings. The van der Waals surface area contributed by atoms with Crippen LogP contribution in [-0.4, -0.2) is 32.9 Å². The summed E-state index contributed by atoms with van der Waals surface area (Å²) in [5, 5.41) is 2.90. The Morgan fingerprint density at radius 1 is 1.30 bits per heavy atom. The highest BCUT2D eigenvalue weighted by molar-refractivity contribution is 7.89. The van der Waals surface area contributed by atoms with Gasteiger partial charge in [-0.1, -0.05) is 19.9 Å². The lowest BCUT2D eigenvalue weighted by Crippen LogP contribution is -2.36. The van der Waals surface area contributed by atoms with Gasteiger partial charge in [-0.15, -0.1) is 0 Å². The molecular formula is C14H23FN2O2S. The highest BCUT2D eigenvalue weighted by Crippen LogP contribution is 2.23. The number of hydrogen-bond donors (Lipinski definition) is 1.